The number of allylic oxidation sites excluding steroid dienone is 1. The van der Waals surface area contributed by atoms with Gasteiger partial charge < -0.3 is 9.47 Å². The van der Waals surface area contributed by atoms with Crippen LogP contribution in [0, 0.1) is 0 Å². The van der Waals surface area contributed by atoms with E-state index in [1.54, 1.807) is 25.5 Å². The van der Waals surface area contributed by atoms with Crippen molar-refractivity contribution in [2.24, 2.45) is 4.99 Å². The second kappa shape index (κ2) is 9.87. The molecule has 1 aliphatic rings. The summed E-state index contributed by atoms with van der Waals surface area (Å²) in [5.74, 6) is 0.198. The van der Waals surface area contributed by atoms with Crippen LogP contribution in [-0.2, 0) is 9.53 Å². The first kappa shape index (κ1) is 24.2. The second-order valence-electron chi connectivity index (χ2n) is 8.26. The van der Waals surface area contributed by atoms with Crippen molar-refractivity contribution in [1.82, 2.24) is 4.57 Å². The number of benzene rings is 3. The van der Waals surface area contributed by atoms with Gasteiger partial charge in [-0.25, -0.2) is 9.79 Å². The first-order valence-electron chi connectivity index (χ1n) is 11.4. The van der Waals surface area contributed by atoms with Crippen LogP contribution in [0.4, 0.5) is 0 Å². The summed E-state index contributed by atoms with van der Waals surface area (Å²) >= 11 is 4.76. The minimum Gasteiger partial charge on any atom is -0.496 e. The van der Waals surface area contributed by atoms with Crippen LogP contribution in [0.2, 0.25) is 0 Å². The van der Waals surface area contributed by atoms with Crippen molar-refractivity contribution < 1.29 is 14.3 Å². The highest BCUT2D eigenvalue weighted by atomic mass is 79.9. The lowest BCUT2D eigenvalue weighted by atomic mass is 9.96. The molecule has 6 nitrogen and oxygen atoms in total. The van der Waals surface area contributed by atoms with Gasteiger partial charge in [0.1, 0.15) is 5.75 Å². The van der Waals surface area contributed by atoms with Gasteiger partial charge in [-0.1, -0.05) is 69.7 Å². The monoisotopic (exact) mass is 562 g/mol. The fourth-order valence-electron chi connectivity index (χ4n) is 4.49. The Morgan fingerprint density at radius 2 is 1.89 bits per heavy atom. The number of carbonyl (C=O) groups is 1. The first-order valence-corrected chi connectivity index (χ1v) is 13.0. The van der Waals surface area contributed by atoms with E-state index in [1.165, 1.54) is 11.3 Å². The van der Waals surface area contributed by atoms with Gasteiger partial charge in [0, 0.05) is 10.0 Å². The summed E-state index contributed by atoms with van der Waals surface area (Å²) in [6.45, 7) is 3.77. The fourth-order valence-corrected chi connectivity index (χ4v) is 5.78. The highest BCUT2D eigenvalue weighted by molar-refractivity contribution is 9.10. The van der Waals surface area contributed by atoms with Gasteiger partial charge in [-0.15, -0.1) is 0 Å². The quantitative estimate of drug-likeness (QED) is 0.330. The number of rotatable bonds is 5. The number of hydrogen-bond donors (Lipinski definition) is 0. The molecule has 1 atom stereocenters. The van der Waals surface area contributed by atoms with E-state index in [4.69, 9.17) is 9.47 Å². The van der Waals surface area contributed by atoms with Crippen LogP contribution in [0.3, 0.4) is 0 Å². The van der Waals surface area contributed by atoms with Gasteiger partial charge in [-0.05, 0) is 54.5 Å². The molecule has 0 bridgehead atoms. The van der Waals surface area contributed by atoms with E-state index in [-0.39, 0.29) is 12.2 Å². The summed E-state index contributed by atoms with van der Waals surface area (Å²) in [6, 6.07) is 18.8. The average molecular weight is 563 g/mol. The minimum absolute atomic E-state index is 0.226. The molecule has 0 radical (unpaired) electrons. The van der Waals surface area contributed by atoms with Crippen LogP contribution in [0.5, 0.6) is 5.75 Å². The molecular weight excluding hydrogens is 540 g/mol. The molecule has 4 aromatic rings. The van der Waals surface area contributed by atoms with Crippen molar-refractivity contribution in [3.8, 4) is 5.75 Å². The van der Waals surface area contributed by atoms with Crippen LogP contribution < -0.4 is 19.6 Å². The third kappa shape index (κ3) is 4.20. The van der Waals surface area contributed by atoms with Crippen LogP contribution in [-0.4, -0.2) is 24.3 Å². The van der Waals surface area contributed by atoms with Crippen molar-refractivity contribution in [1.29, 1.82) is 0 Å². The molecule has 1 aliphatic heterocycles. The number of halogens is 1. The molecule has 0 saturated carbocycles. The Kier molecular flexibility index (Phi) is 6.64. The van der Waals surface area contributed by atoms with Gasteiger partial charge in [0.05, 0.1) is 35.6 Å². The summed E-state index contributed by atoms with van der Waals surface area (Å²) in [5.41, 5.74) is 2.29. The number of thiazole rings is 1. The molecule has 0 amide bonds. The Balaban J connectivity index is 1.78. The Bertz CT molecular complexity index is 1700. The van der Waals surface area contributed by atoms with E-state index in [1.807, 2.05) is 66.7 Å². The van der Waals surface area contributed by atoms with Crippen LogP contribution >= 0.6 is 27.3 Å². The maximum absolute atomic E-state index is 13.9. The van der Waals surface area contributed by atoms with Gasteiger partial charge in [0.2, 0.25) is 0 Å². The highest BCUT2D eigenvalue weighted by Gasteiger charge is 2.33. The minimum atomic E-state index is -0.648. The van der Waals surface area contributed by atoms with Gasteiger partial charge in [0.25, 0.3) is 5.56 Å². The highest BCUT2D eigenvalue weighted by Crippen LogP contribution is 2.32. The molecule has 3 aromatic carbocycles. The number of ether oxygens (including phenoxy) is 2. The van der Waals surface area contributed by atoms with Crippen LogP contribution in [0.1, 0.15) is 31.0 Å². The molecule has 0 aliphatic carbocycles. The predicted octanol–water partition coefficient (Wildman–Crippen LogP) is 4.72. The largest absolute Gasteiger partial charge is 0.496 e. The first-order chi connectivity index (χ1) is 17.4. The summed E-state index contributed by atoms with van der Waals surface area (Å²) in [5, 5.41) is 2.03. The number of methoxy groups -OCH3 is 1. The van der Waals surface area contributed by atoms with E-state index in [0.29, 0.717) is 26.4 Å². The van der Waals surface area contributed by atoms with E-state index in [0.717, 1.165) is 26.4 Å². The molecule has 36 heavy (non-hydrogen) atoms. The molecule has 0 saturated heterocycles. The number of carbonyl (C=O) groups excluding carboxylic acids is 1. The van der Waals surface area contributed by atoms with Gasteiger partial charge in [0.15, 0.2) is 4.80 Å². The van der Waals surface area contributed by atoms with Crippen molar-refractivity contribution in [2.45, 2.75) is 19.9 Å². The van der Waals surface area contributed by atoms with Crippen LogP contribution in [0.25, 0.3) is 16.8 Å². The summed E-state index contributed by atoms with van der Waals surface area (Å²) in [4.78, 5) is 32.1. The molecule has 182 valence electrons. The molecule has 2 heterocycles. The Morgan fingerprint density at radius 3 is 2.61 bits per heavy atom. The Labute approximate surface area is 220 Å². The molecule has 1 aromatic heterocycles. The summed E-state index contributed by atoms with van der Waals surface area (Å²) < 4.78 is 14.0. The lowest BCUT2D eigenvalue weighted by Gasteiger charge is -2.24. The number of esters is 1. The third-order valence-corrected chi connectivity index (χ3v) is 7.64. The topological polar surface area (TPSA) is 69.9 Å². The fraction of sp³-hybridized carbons (Fsp3) is 0.179. The van der Waals surface area contributed by atoms with E-state index >= 15 is 0 Å². The number of aromatic nitrogens is 1. The standard InChI is InChI=1S/C28H23BrN2O4S/c1-4-35-27(33)24-16(2)30-28-31(25(24)18-9-12-19(29)13-10-18)26(32)23(36-28)15-21-20-8-6-5-7-17(20)11-14-22(21)34-3/h5-15,25H,4H2,1-3H3/t25-/m0/s1. The van der Waals surface area contributed by atoms with E-state index in [9.17, 15) is 9.59 Å². The van der Waals surface area contributed by atoms with Crippen LogP contribution in [0.15, 0.2) is 86.2 Å². The SMILES string of the molecule is CCOC(=O)C1=C(C)N=c2sc(=Cc3c(OC)ccc4ccccc34)c(=O)n2[C@H]1c1ccc(Br)cc1. The van der Waals surface area contributed by atoms with Crippen molar-refractivity contribution >= 4 is 50.1 Å². The lowest BCUT2D eigenvalue weighted by molar-refractivity contribution is -0.139. The number of nitrogens with zero attached hydrogens (tertiary/aromatic N) is 2. The Morgan fingerprint density at radius 1 is 1.14 bits per heavy atom. The molecule has 8 heteroatoms. The van der Waals surface area contributed by atoms with Crippen molar-refractivity contribution in [2.75, 3.05) is 13.7 Å². The molecule has 0 spiro atoms. The zero-order valence-electron chi connectivity index (χ0n) is 19.9. The molecular formula is C28H23BrN2O4S. The van der Waals surface area contributed by atoms with Crippen molar-refractivity contribution in [3.63, 3.8) is 0 Å². The van der Waals surface area contributed by atoms with E-state index < -0.39 is 12.0 Å². The maximum atomic E-state index is 13.9. The summed E-state index contributed by atoms with van der Waals surface area (Å²) in [7, 11) is 1.62. The zero-order chi connectivity index (χ0) is 25.4. The normalized spacial score (nSPS) is 15.6. The second-order valence-corrected chi connectivity index (χ2v) is 10.2. The third-order valence-electron chi connectivity index (χ3n) is 6.13. The maximum Gasteiger partial charge on any atom is 0.338 e. The van der Waals surface area contributed by atoms with Gasteiger partial charge in [-0.2, -0.15) is 0 Å². The van der Waals surface area contributed by atoms with Gasteiger partial charge >= 0.3 is 5.97 Å². The summed E-state index contributed by atoms with van der Waals surface area (Å²) in [6.07, 6.45) is 1.85. The zero-order valence-corrected chi connectivity index (χ0v) is 22.4. The molecule has 0 unspecified atom stereocenters. The molecule has 5 rings (SSSR count). The molecule has 0 fully saturated rings. The molecule has 0 N–H and O–H groups in total. The van der Waals surface area contributed by atoms with Gasteiger partial charge in [-0.3, -0.25) is 9.36 Å². The van der Waals surface area contributed by atoms with Crippen molar-refractivity contribution in [3.05, 3.63) is 107 Å². The smallest absolute Gasteiger partial charge is 0.338 e. The van der Waals surface area contributed by atoms with E-state index in [2.05, 4.69) is 20.9 Å². The average Bonchev–Trinajstić information content (AvgIpc) is 3.18. The lowest BCUT2D eigenvalue weighted by Crippen LogP contribution is -2.39. The predicted molar refractivity (Wildman–Crippen MR) is 145 cm³/mol. The number of fused-ring (bicyclic) bond motifs is 2. The number of hydrogen-bond acceptors (Lipinski definition) is 6. The Hall–Kier alpha value is -3.49.